The Morgan fingerprint density at radius 2 is 2.15 bits per heavy atom. The van der Waals surface area contributed by atoms with Gasteiger partial charge in [0.15, 0.2) is 5.13 Å². The van der Waals surface area contributed by atoms with Crippen molar-refractivity contribution in [2.75, 3.05) is 5.32 Å². The minimum Gasteiger partial charge on any atom is -0.320 e. The van der Waals surface area contributed by atoms with E-state index in [1.54, 1.807) is 11.3 Å². The molecular formula is C15H17N3OS. The zero-order valence-electron chi connectivity index (χ0n) is 11.1. The van der Waals surface area contributed by atoms with E-state index in [-0.39, 0.29) is 5.91 Å². The van der Waals surface area contributed by atoms with Crippen LogP contribution in [0.15, 0.2) is 30.3 Å². The first kappa shape index (κ1) is 13.3. The van der Waals surface area contributed by atoms with Crippen LogP contribution in [0.3, 0.4) is 0 Å². The van der Waals surface area contributed by atoms with E-state index >= 15 is 0 Å². The summed E-state index contributed by atoms with van der Waals surface area (Å²) in [6.45, 7) is 0. The van der Waals surface area contributed by atoms with Crippen LogP contribution in [-0.2, 0) is 24.1 Å². The highest BCUT2D eigenvalue weighted by Crippen LogP contribution is 2.30. The van der Waals surface area contributed by atoms with Gasteiger partial charge in [0.05, 0.1) is 11.7 Å². The second-order valence-electron chi connectivity index (χ2n) is 5.03. The molecule has 0 unspecified atom stereocenters. The highest BCUT2D eigenvalue weighted by molar-refractivity contribution is 7.15. The number of anilines is 1. The average Bonchev–Trinajstić information content (AvgIpc) is 3.00. The molecule has 0 aliphatic heterocycles. The fourth-order valence-corrected chi connectivity index (χ4v) is 3.46. The molecule has 0 fully saturated rings. The van der Waals surface area contributed by atoms with Crippen molar-refractivity contribution in [1.29, 1.82) is 0 Å². The normalized spacial score (nSPS) is 14.8. The molecule has 1 aliphatic carbocycles. The summed E-state index contributed by atoms with van der Waals surface area (Å²) in [6, 6.07) is 9.26. The lowest BCUT2D eigenvalue weighted by Crippen LogP contribution is -2.37. The number of aryl methyl sites for hydroxylation is 2. The molecule has 0 saturated carbocycles. The van der Waals surface area contributed by atoms with Crippen LogP contribution in [0.1, 0.15) is 22.6 Å². The fourth-order valence-electron chi connectivity index (χ4n) is 2.40. The molecule has 104 valence electrons. The third-order valence-electron chi connectivity index (χ3n) is 3.46. The Hall–Kier alpha value is -1.72. The van der Waals surface area contributed by atoms with E-state index in [1.165, 1.54) is 11.3 Å². The predicted octanol–water partition coefficient (Wildman–Crippen LogP) is 2.14. The van der Waals surface area contributed by atoms with Crippen molar-refractivity contribution in [2.24, 2.45) is 5.73 Å². The van der Waals surface area contributed by atoms with Crippen LogP contribution in [-0.4, -0.2) is 16.9 Å². The number of hydrogen-bond acceptors (Lipinski definition) is 4. The molecule has 0 saturated heterocycles. The number of thiazole rings is 1. The highest BCUT2D eigenvalue weighted by atomic mass is 32.1. The number of fused-ring (bicyclic) bond motifs is 1. The number of amides is 1. The summed E-state index contributed by atoms with van der Waals surface area (Å²) in [5.74, 6) is -0.165. The number of carbonyl (C=O) groups is 1. The Bertz CT molecular complexity index is 587. The molecule has 0 bridgehead atoms. The zero-order chi connectivity index (χ0) is 13.9. The first-order valence-corrected chi connectivity index (χ1v) is 7.63. The standard InChI is InChI=1S/C15H17N3OS/c16-11(9-10-5-2-1-3-6-10)14(19)18-15-17-12-7-4-8-13(12)20-15/h1-3,5-6,11H,4,7-9,16H2,(H,17,18,19)/t11-/m0/s1. The molecule has 2 aromatic rings. The first-order chi connectivity index (χ1) is 9.72. The molecule has 1 atom stereocenters. The molecule has 1 aromatic heterocycles. The molecule has 1 amide bonds. The molecule has 1 heterocycles. The summed E-state index contributed by atoms with van der Waals surface area (Å²) in [7, 11) is 0. The smallest absolute Gasteiger partial charge is 0.243 e. The second kappa shape index (κ2) is 5.73. The Morgan fingerprint density at radius 3 is 2.90 bits per heavy atom. The van der Waals surface area contributed by atoms with E-state index < -0.39 is 6.04 Å². The largest absolute Gasteiger partial charge is 0.320 e. The van der Waals surface area contributed by atoms with Gasteiger partial charge in [-0.1, -0.05) is 30.3 Å². The van der Waals surface area contributed by atoms with E-state index in [0.717, 1.165) is 24.1 Å². The van der Waals surface area contributed by atoms with E-state index in [0.29, 0.717) is 11.6 Å². The molecule has 20 heavy (non-hydrogen) atoms. The van der Waals surface area contributed by atoms with Crippen LogP contribution < -0.4 is 11.1 Å². The monoisotopic (exact) mass is 287 g/mol. The SMILES string of the molecule is N[C@@H](Cc1ccccc1)C(=O)Nc1nc2c(s1)CCC2. The summed E-state index contributed by atoms with van der Waals surface area (Å²) in [4.78, 5) is 17.8. The molecule has 1 aromatic carbocycles. The van der Waals surface area contributed by atoms with Crippen molar-refractivity contribution in [3.8, 4) is 0 Å². The van der Waals surface area contributed by atoms with Gasteiger partial charge in [-0.15, -0.1) is 11.3 Å². The highest BCUT2D eigenvalue weighted by Gasteiger charge is 2.20. The lowest BCUT2D eigenvalue weighted by molar-refractivity contribution is -0.117. The van der Waals surface area contributed by atoms with Gasteiger partial charge in [-0.25, -0.2) is 4.98 Å². The molecule has 4 nitrogen and oxygen atoms in total. The van der Waals surface area contributed by atoms with E-state index in [1.807, 2.05) is 30.3 Å². The molecule has 3 N–H and O–H groups in total. The van der Waals surface area contributed by atoms with E-state index in [4.69, 9.17) is 5.73 Å². The number of nitrogens with two attached hydrogens (primary N) is 1. The van der Waals surface area contributed by atoms with Crippen LogP contribution in [0.5, 0.6) is 0 Å². The minimum absolute atomic E-state index is 0.165. The van der Waals surface area contributed by atoms with Crippen LogP contribution in [0, 0.1) is 0 Å². The third-order valence-corrected chi connectivity index (χ3v) is 4.53. The van der Waals surface area contributed by atoms with Crippen molar-refractivity contribution < 1.29 is 4.79 Å². The summed E-state index contributed by atoms with van der Waals surface area (Å²) in [5.41, 5.74) is 8.16. The number of aromatic nitrogens is 1. The molecule has 0 radical (unpaired) electrons. The average molecular weight is 287 g/mol. The fraction of sp³-hybridized carbons (Fsp3) is 0.333. The summed E-state index contributed by atoms with van der Waals surface area (Å²) in [6.07, 6.45) is 3.82. The van der Waals surface area contributed by atoms with Gasteiger partial charge in [-0.3, -0.25) is 4.79 Å². The Kier molecular flexibility index (Phi) is 3.80. The number of nitrogens with zero attached hydrogens (tertiary/aromatic N) is 1. The van der Waals surface area contributed by atoms with Gasteiger partial charge in [-0.05, 0) is 31.2 Å². The van der Waals surface area contributed by atoms with Gasteiger partial charge in [0, 0.05) is 4.88 Å². The summed E-state index contributed by atoms with van der Waals surface area (Å²) in [5, 5.41) is 3.52. The quantitative estimate of drug-likeness (QED) is 0.905. The van der Waals surface area contributed by atoms with Crippen molar-refractivity contribution >= 4 is 22.4 Å². The first-order valence-electron chi connectivity index (χ1n) is 6.81. The van der Waals surface area contributed by atoms with Gasteiger partial charge in [0.2, 0.25) is 5.91 Å². The van der Waals surface area contributed by atoms with Crippen LogP contribution in [0.4, 0.5) is 5.13 Å². The number of rotatable bonds is 4. The van der Waals surface area contributed by atoms with E-state index in [2.05, 4.69) is 10.3 Å². The molecule has 1 aliphatic rings. The van der Waals surface area contributed by atoms with Gasteiger partial charge in [0.25, 0.3) is 0 Å². The number of nitrogens with one attached hydrogen (secondary N) is 1. The molecule has 5 heteroatoms. The summed E-state index contributed by atoms with van der Waals surface area (Å²) < 4.78 is 0. The Morgan fingerprint density at radius 1 is 1.35 bits per heavy atom. The predicted molar refractivity (Wildman–Crippen MR) is 80.9 cm³/mol. The van der Waals surface area contributed by atoms with Crippen LogP contribution in [0.25, 0.3) is 0 Å². The van der Waals surface area contributed by atoms with Crippen LogP contribution >= 0.6 is 11.3 Å². The van der Waals surface area contributed by atoms with Crippen molar-refractivity contribution in [3.63, 3.8) is 0 Å². The molecular weight excluding hydrogens is 270 g/mol. The van der Waals surface area contributed by atoms with Crippen molar-refractivity contribution in [3.05, 3.63) is 46.5 Å². The maximum absolute atomic E-state index is 12.1. The van der Waals surface area contributed by atoms with E-state index in [9.17, 15) is 4.79 Å². The Balaban J connectivity index is 1.60. The van der Waals surface area contributed by atoms with Gasteiger partial charge in [0.1, 0.15) is 0 Å². The third kappa shape index (κ3) is 2.89. The number of benzene rings is 1. The lowest BCUT2D eigenvalue weighted by Gasteiger charge is -2.10. The summed E-state index contributed by atoms with van der Waals surface area (Å²) >= 11 is 1.58. The van der Waals surface area contributed by atoms with Gasteiger partial charge < -0.3 is 11.1 Å². The maximum Gasteiger partial charge on any atom is 0.243 e. The minimum atomic E-state index is -0.545. The van der Waals surface area contributed by atoms with Crippen molar-refractivity contribution in [1.82, 2.24) is 4.98 Å². The Labute approximate surface area is 122 Å². The van der Waals surface area contributed by atoms with Gasteiger partial charge in [-0.2, -0.15) is 0 Å². The second-order valence-corrected chi connectivity index (χ2v) is 6.11. The zero-order valence-corrected chi connectivity index (χ0v) is 12.0. The lowest BCUT2D eigenvalue weighted by atomic mass is 10.1. The molecule has 3 rings (SSSR count). The number of hydrogen-bond donors (Lipinski definition) is 2. The number of carbonyl (C=O) groups excluding carboxylic acids is 1. The maximum atomic E-state index is 12.1. The van der Waals surface area contributed by atoms with Crippen LogP contribution in [0.2, 0.25) is 0 Å². The topological polar surface area (TPSA) is 68.0 Å². The van der Waals surface area contributed by atoms with Crippen molar-refractivity contribution in [2.45, 2.75) is 31.7 Å². The van der Waals surface area contributed by atoms with Gasteiger partial charge >= 0.3 is 0 Å². The molecule has 0 spiro atoms.